The molecule has 1 aromatic heterocycles. The van der Waals surface area contributed by atoms with Gasteiger partial charge in [0.2, 0.25) is 5.91 Å². The molecule has 0 atom stereocenters. The van der Waals surface area contributed by atoms with Crippen LogP contribution in [0.5, 0.6) is 0 Å². The standard InChI is InChI=1S/C14H13IN2O/c1-10-5-6-11(15)8-13(10)17-14(18)9-12-4-2-3-7-16-12/h2-8H,9H2,1H3,(H,17,18). The summed E-state index contributed by atoms with van der Waals surface area (Å²) in [5.74, 6) is -0.0428. The Morgan fingerprint density at radius 2 is 2.17 bits per heavy atom. The van der Waals surface area contributed by atoms with Crippen LogP contribution in [0.15, 0.2) is 42.6 Å². The predicted molar refractivity (Wildman–Crippen MR) is 80.5 cm³/mol. The first-order valence-corrected chi connectivity index (χ1v) is 6.69. The topological polar surface area (TPSA) is 42.0 Å². The lowest BCUT2D eigenvalue weighted by molar-refractivity contribution is -0.115. The second-order valence-electron chi connectivity index (χ2n) is 4.01. The molecule has 0 saturated carbocycles. The Balaban J connectivity index is 2.05. The number of nitrogens with zero attached hydrogens (tertiary/aromatic N) is 1. The van der Waals surface area contributed by atoms with Gasteiger partial charge in [0.25, 0.3) is 0 Å². The van der Waals surface area contributed by atoms with Crippen molar-refractivity contribution in [3.05, 3.63) is 57.4 Å². The van der Waals surface area contributed by atoms with Crippen molar-refractivity contribution in [1.29, 1.82) is 0 Å². The number of benzene rings is 1. The molecule has 18 heavy (non-hydrogen) atoms. The molecule has 0 spiro atoms. The minimum Gasteiger partial charge on any atom is -0.325 e. The van der Waals surface area contributed by atoms with E-state index in [2.05, 4.69) is 32.9 Å². The number of hydrogen-bond donors (Lipinski definition) is 1. The quantitative estimate of drug-likeness (QED) is 0.863. The van der Waals surface area contributed by atoms with Crippen LogP contribution >= 0.6 is 22.6 Å². The second kappa shape index (κ2) is 5.95. The van der Waals surface area contributed by atoms with E-state index in [-0.39, 0.29) is 5.91 Å². The fourth-order valence-electron chi connectivity index (χ4n) is 1.59. The third-order valence-corrected chi connectivity index (χ3v) is 3.21. The monoisotopic (exact) mass is 352 g/mol. The molecular weight excluding hydrogens is 339 g/mol. The highest BCUT2D eigenvalue weighted by Gasteiger charge is 2.06. The van der Waals surface area contributed by atoms with Gasteiger partial charge in [-0.15, -0.1) is 0 Å². The largest absolute Gasteiger partial charge is 0.325 e. The Bertz CT molecular complexity index is 555. The molecule has 2 rings (SSSR count). The molecule has 0 saturated heterocycles. The molecule has 0 fully saturated rings. The van der Waals surface area contributed by atoms with Crippen molar-refractivity contribution in [2.24, 2.45) is 0 Å². The van der Waals surface area contributed by atoms with Gasteiger partial charge in [-0.05, 0) is 59.3 Å². The summed E-state index contributed by atoms with van der Waals surface area (Å²) in [6, 6.07) is 11.5. The van der Waals surface area contributed by atoms with Crippen LogP contribution in [-0.4, -0.2) is 10.9 Å². The highest BCUT2D eigenvalue weighted by atomic mass is 127. The maximum atomic E-state index is 11.9. The maximum absolute atomic E-state index is 11.9. The van der Waals surface area contributed by atoms with Gasteiger partial charge in [0.1, 0.15) is 0 Å². The summed E-state index contributed by atoms with van der Waals surface area (Å²) >= 11 is 2.23. The number of nitrogens with one attached hydrogen (secondary N) is 1. The van der Waals surface area contributed by atoms with E-state index in [0.717, 1.165) is 20.5 Å². The minimum atomic E-state index is -0.0428. The van der Waals surface area contributed by atoms with Gasteiger partial charge in [0, 0.05) is 21.1 Å². The summed E-state index contributed by atoms with van der Waals surface area (Å²) in [7, 11) is 0. The summed E-state index contributed by atoms with van der Waals surface area (Å²) < 4.78 is 1.10. The number of anilines is 1. The van der Waals surface area contributed by atoms with Gasteiger partial charge in [-0.2, -0.15) is 0 Å². The number of carbonyl (C=O) groups excluding carboxylic acids is 1. The van der Waals surface area contributed by atoms with E-state index >= 15 is 0 Å². The molecule has 0 aliphatic carbocycles. The highest BCUT2D eigenvalue weighted by Crippen LogP contribution is 2.18. The van der Waals surface area contributed by atoms with Crippen molar-refractivity contribution in [3.8, 4) is 0 Å². The first-order valence-electron chi connectivity index (χ1n) is 5.61. The first kappa shape index (κ1) is 13.0. The van der Waals surface area contributed by atoms with Gasteiger partial charge in [0.15, 0.2) is 0 Å². The molecular formula is C14H13IN2O. The van der Waals surface area contributed by atoms with Crippen LogP contribution in [0.1, 0.15) is 11.3 Å². The molecule has 1 amide bonds. The Morgan fingerprint density at radius 1 is 1.33 bits per heavy atom. The highest BCUT2D eigenvalue weighted by molar-refractivity contribution is 14.1. The SMILES string of the molecule is Cc1ccc(I)cc1NC(=O)Cc1ccccn1. The van der Waals surface area contributed by atoms with Crippen molar-refractivity contribution < 1.29 is 4.79 Å². The third-order valence-electron chi connectivity index (χ3n) is 2.54. The van der Waals surface area contributed by atoms with Gasteiger partial charge in [0.05, 0.1) is 6.42 Å². The van der Waals surface area contributed by atoms with Crippen molar-refractivity contribution in [2.45, 2.75) is 13.3 Å². The predicted octanol–water partition coefficient (Wildman–Crippen LogP) is 3.18. The lowest BCUT2D eigenvalue weighted by Gasteiger charge is -2.08. The van der Waals surface area contributed by atoms with Crippen LogP contribution in [0, 0.1) is 10.5 Å². The molecule has 0 bridgehead atoms. The van der Waals surface area contributed by atoms with Crippen LogP contribution in [0.2, 0.25) is 0 Å². The molecule has 1 N–H and O–H groups in total. The fourth-order valence-corrected chi connectivity index (χ4v) is 2.08. The first-order chi connectivity index (χ1) is 8.65. The minimum absolute atomic E-state index is 0.0428. The normalized spacial score (nSPS) is 10.1. The van der Waals surface area contributed by atoms with E-state index in [1.165, 1.54) is 0 Å². The molecule has 0 unspecified atom stereocenters. The number of amides is 1. The molecule has 1 heterocycles. The molecule has 0 aliphatic rings. The van der Waals surface area contributed by atoms with E-state index in [1.54, 1.807) is 6.20 Å². The van der Waals surface area contributed by atoms with Crippen LogP contribution in [0.3, 0.4) is 0 Å². The van der Waals surface area contributed by atoms with Gasteiger partial charge in [-0.3, -0.25) is 9.78 Å². The molecule has 2 aromatic rings. The number of aromatic nitrogens is 1. The second-order valence-corrected chi connectivity index (χ2v) is 5.25. The van der Waals surface area contributed by atoms with E-state index in [1.807, 2.05) is 43.3 Å². The van der Waals surface area contributed by atoms with Gasteiger partial charge >= 0.3 is 0 Å². The average Bonchev–Trinajstić information content (AvgIpc) is 2.35. The Kier molecular flexibility index (Phi) is 4.30. The van der Waals surface area contributed by atoms with Crippen LogP contribution in [0.25, 0.3) is 0 Å². The number of hydrogen-bond acceptors (Lipinski definition) is 2. The number of aryl methyl sites for hydroxylation is 1. The molecule has 0 radical (unpaired) electrons. The molecule has 0 aliphatic heterocycles. The van der Waals surface area contributed by atoms with Gasteiger partial charge in [-0.25, -0.2) is 0 Å². The molecule has 3 nitrogen and oxygen atoms in total. The van der Waals surface area contributed by atoms with Crippen LogP contribution < -0.4 is 5.32 Å². The number of pyridine rings is 1. The number of rotatable bonds is 3. The van der Waals surface area contributed by atoms with E-state index in [0.29, 0.717) is 6.42 Å². The van der Waals surface area contributed by atoms with Crippen LogP contribution in [-0.2, 0) is 11.2 Å². The Morgan fingerprint density at radius 3 is 2.89 bits per heavy atom. The smallest absolute Gasteiger partial charge is 0.230 e. The summed E-state index contributed by atoms with van der Waals surface area (Å²) in [4.78, 5) is 16.0. The summed E-state index contributed by atoms with van der Waals surface area (Å²) in [6.45, 7) is 1.98. The zero-order chi connectivity index (χ0) is 13.0. The van der Waals surface area contributed by atoms with Gasteiger partial charge in [-0.1, -0.05) is 12.1 Å². The lowest BCUT2D eigenvalue weighted by Crippen LogP contribution is -2.15. The third kappa shape index (κ3) is 3.53. The van der Waals surface area contributed by atoms with Crippen molar-refractivity contribution in [2.75, 3.05) is 5.32 Å². The molecule has 92 valence electrons. The molecule has 4 heteroatoms. The molecule has 1 aromatic carbocycles. The lowest BCUT2D eigenvalue weighted by atomic mass is 10.2. The van der Waals surface area contributed by atoms with E-state index in [9.17, 15) is 4.79 Å². The Labute approximate surface area is 120 Å². The summed E-state index contributed by atoms with van der Waals surface area (Å²) in [6.07, 6.45) is 1.99. The van der Waals surface area contributed by atoms with Crippen molar-refractivity contribution in [1.82, 2.24) is 4.98 Å². The summed E-state index contributed by atoms with van der Waals surface area (Å²) in [5, 5.41) is 2.92. The fraction of sp³-hybridized carbons (Fsp3) is 0.143. The summed E-state index contributed by atoms with van der Waals surface area (Å²) in [5.41, 5.74) is 2.70. The average molecular weight is 352 g/mol. The van der Waals surface area contributed by atoms with E-state index in [4.69, 9.17) is 0 Å². The van der Waals surface area contributed by atoms with Gasteiger partial charge < -0.3 is 5.32 Å². The number of halogens is 1. The van der Waals surface area contributed by atoms with E-state index < -0.39 is 0 Å². The Hall–Kier alpha value is -1.43. The van der Waals surface area contributed by atoms with Crippen molar-refractivity contribution in [3.63, 3.8) is 0 Å². The zero-order valence-electron chi connectivity index (χ0n) is 9.98. The zero-order valence-corrected chi connectivity index (χ0v) is 12.1. The van der Waals surface area contributed by atoms with Crippen molar-refractivity contribution >= 4 is 34.2 Å². The van der Waals surface area contributed by atoms with Crippen LogP contribution in [0.4, 0.5) is 5.69 Å². The maximum Gasteiger partial charge on any atom is 0.230 e. The number of carbonyl (C=O) groups is 1.